The van der Waals surface area contributed by atoms with E-state index in [0.29, 0.717) is 20.9 Å². The summed E-state index contributed by atoms with van der Waals surface area (Å²) in [7, 11) is 0. The lowest BCUT2D eigenvalue weighted by Crippen LogP contribution is -2.14. The van der Waals surface area contributed by atoms with E-state index in [0.717, 1.165) is 20.9 Å². The van der Waals surface area contributed by atoms with Crippen molar-refractivity contribution in [3.8, 4) is 67.4 Å². The number of benzene rings is 4. The Morgan fingerprint density at radius 3 is 1.19 bits per heavy atom. The molecule has 6 aromatic rings. The van der Waals surface area contributed by atoms with Crippen LogP contribution >= 0.6 is 22.7 Å². The van der Waals surface area contributed by atoms with Gasteiger partial charge in [-0.3, -0.25) is 0 Å². The molecule has 4 nitrogen and oxygen atoms in total. The molecule has 0 bridgehead atoms. The van der Waals surface area contributed by atoms with Crippen molar-refractivity contribution in [1.29, 1.82) is 21.0 Å². The van der Waals surface area contributed by atoms with Gasteiger partial charge in [0.15, 0.2) is 0 Å². The van der Waals surface area contributed by atoms with Crippen LogP contribution in [0.25, 0.3) is 54.3 Å². The van der Waals surface area contributed by atoms with E-state index in [1.54, 1.807) is 0 Å². The molecule has 0 N–H and O–H groups in total. The van der Waals surface area contributed by atoms with Gasteiger partial charge in [-0.25, -0.2) is 0 Å². The lowest BCUT2D eigenvalue weighted by atomic mass is 9.82. The first-order valence-electron chi connectivity index (χ1n) is 16.9. The van der Waals surface area contributed by atoms with Crippen LogP contribution in [-0.2, 0) is 10.8 Å². The van der Waals surface area contributed by atoms with E-state index in [1.165, 1.54) is 67.2 Å². The van der Waals surface area contributed by atoms with Gasteiger partial charge in [-0.2, -0.15) is 21.0 Å². The first-order valence-corrected chi connectivity index (χ1v) is 18.5. The smallest absolute Gasteiger partial charge is 0.139 e. The van der Waals surface area contributed by atoms with Crippen molar-refractivity contribution < 1.29 is 0 Å². The van der Waals surface area contributed by atoms with Gasteiger partial charge in [-0.05, 0) is 92.0 Å². The van der Waals surface area contributed by atoms with Gasteiger partial charge in [-0.1, -0.05) is 100 Å². The summed E-state index contributed by atoms with van der Waals surface area (Å²) in [5.74, 6) is 0. The molecule has 246 valence electrons. The van der Waals surface area contributed by atoms with Crippen LogP contribution in [0, 0.1) is 45.3 Å². The average molecular weight is 703 g/mol. The highest BCUT2D eigenvalue weighted by Crippen LogP contribution is 2.52. The number of hydrogen-bond acceptors (Lipinski definition) is 6. The summed E-state index contributed by atoms with van der Waals surface area (Å²) >= 11 is 2.89. The van der Waals surface area contributed by atoms with Crippen LogP contribution in [0.1, 0.15) is 59.7 Å². The number of rotatable bonds is 5. The maximum Gasteiger partial charge on any atom is 0.139 e. The minimum Gasteiger partial charge on any atom is -0.192 e. The summed E-state index contributed by atoms with van der Waals surface area (Å²) in [6.45, 7) is 8.98. The van der Waals surface area contributed by atoms with Crippen LogP contribution < -0.4 is 0 Å². The van der Waals surface area contributed by atoms with Gasteiger partial charge in [0.2, 0.25) is 0 Å². The number of hydrogen-bond donors (Lipinski definition) is 0. The van der Waals surface area contributed by atoms with E-state index >= 15 is 0 Å². The van der Waals surface area contributed by atoms with Gasteiger partial charge in [0, 0.05) is 41.5 Å². The predicted molar refractivity (Wildman–Crippen MR) is 211 cm³/mol. The summed E-state index contributed by atoms with van der Waals surface area (Å²) in [4.78, 5) is 3.20. The fourth-order valence-electron chi connectivity index (χ4n) is 7.99. The molecule has 0 saturated carbocycles. The highest BCUT2D eigenvalue weighted by Gasteiger charge is 2.36. The van der Waals surface area contributed by atoms with E-state index in [1.807, 2.05) is 24.3 Å². The summed E-state index contributed by atoms with van der Waals surface area (Å²) in [6.07, 6.45) is 0. The molecule has 2 aliphatic rings. The average Bonchev–Trinajstić information content (AvgIpc) is 3.94. The molecule has 0 unspecified atom stereocenters. The van der Waals surface area contributed by atoms with Gasteiger partial charge in [0.1, 0.15) is 35.4 Å². The Morgan fingerprint density at radius 1 is 0.442 bits per heavy atom. The summed E-state index contributed by atoms with van der Waals surface area (Å²) in [5, 5.41) is 41.0. The summed E-state index contributed by atoms with van der Waals surface area (Å²) in [6, 6.07) is 46.1. The second-order valence-electron chi connectivity index (χ2n) is 14.1. The van der Waals surface area contributed by atoms with Crippen molar-refractivity contribution in [2.24, 2.45) is 0 Å². The third kappa shape index (κ3) is 4.89. The van der Waals surface area contributed by atoms with Gasteiger partial charge in [-0.15, -0.1) is 22.7 Å². The number of nitriles is 4. The summed E-state index contributed by atoms with van der Waals surface area (Å²) < 4.78 is 0. The first-order chi connectivity index (χ1) is 25.1. The van der Waals surface area contributed by atoms with E-state index in [2.05, 4.69) is 137 Å². The molecule has 2 aromatic heterocycles. The van der Waals surface area contributed by atoms with E-state index < -0.39 is 0 Å². The third-order valence-electron chi connectivity index (χ3n) is 10.6. The Hall–Kier alpha value is -6.28. The Bertz CT molecular complexity index is 2520. The molecule has 0 aliphatic heterocycles. The molecular weight excluding hydrogens is 673 g/mol. The van der Waals surface area contributed by atoms with Crippen LogP contribution in [0.4, 0.5) is 0 Å². The number of thiophene rings is 2. The number of nitrogens with zero attached hydrogens (tertiary/aromatic N) is 4. The molecule has 0 radical (unpaired) electrons. The topological polar surface area (TPSA) is 95.2 Å². The summed E-state index contributed by atoms with van der Waals surface area (Å²) in [5.41, 5.74) is 12.0. The van der Waals surface area contributed by atoms with Crippen LogP contribution in [0.3, 0.4) is 0 Å². The van der Waals surface area contributed by atoms with Crippen molar-refractivity contribution in [3.05, 3.63) is 152 Å². The van der Waals surface area contributed by atoms with E-state index in [9.17, 15) is 21.0 Å². The van der Waals surface area contributed by atoms with Crippen LogP contribution in [0.5, 0.6) is 0 Å². The fourth-order valence-corrected chi connectivity index (χ4v) is 10.1. The predicted octanol–water partition coefficient (Wildman–Crippen LogP) is 12.1. The monoisotopic (exact) mass is 702 g/mol. The fraction of sp³-hybridized carbons (Fsp3) is 0.130. The van der Waals surface area contributed by atoms with Crippen molar-refractivity contribution in [3.63, 3.8) is 0 Å². The van der Waals surface area contributed by atoms with Crippen molar-refractivity contribution in [2.45, 2.75) is 38.5 Å². The second kappa shape index (κ2) is 12.2. The molecule has 0 fully saturated rings. The number of allylic oxidation sites excluding steroid dienone is 4. The lowest BCUT2D eigenvalue weighted by molar-refractivity contribution is 0.660. The molecule has 8 rings (SSSR count). The number of fused-ring (bicyclic) bond motifs is 6. The molecule has 2 aliphatic carbocycles. The molecule has 6 heteroatoms. The molecule has 0 spiro atoms. The third-order valence-corrected chi connectivity index (χ3v) is 12.9. The zero-order valence-corrected chi connectivity index (χ0v) is 30.6. The SMILES string of the molecule is CC1(C)c2ccccc2-c2ccc(-c3ccc(C(=C(C#N)C#N)C(=C(C#N)C#N)c4ccc(-c5ccc6c(c5)C(C)(C)c5ccccc5-6)s4)s3)cc21. The van der Waals surface area contributed by atoms with Crippen LogP contribution in [0.2, 0.25) is 0 Å². The standard InChI is InChI=1S/C46H30N4S2/c1-45(2)35-11-7-5-9-31(35)33-15-13-27(21-37(33)45)39-17-19-41(51-39)43(29(23-47)24-48)44(30(25-49)26-50)42-20-18-40(52-42)28-14-16-34-32-10-6-8-12-36(32)46(3,4)38(34)22-28/h5-22H,1-4H3. The van der Waals surface area contributed by atoms with Crippen molar-refractivity contribution >= 4 is 33.8 Å². The van der Waals surface area contributed by atoms with Gasteiger partial charge >= 0.3 is 0 Å². The highest BCUT2D eigenvalue weighted by molar-refractivity contribution is 7.18. The molecule has 2 heterocycles. The first kappa shape index (κ1) is 32.9. The molecule has 4 aromatic carbocycles. The minimum atomic E-state index is -0.165. The normalized spacial score (nSPS) is 13.6. The maximum atomic E-state index is 10.2. The van der Waals surface area contributed by atoms with E-state index in [4.69, 9.17) is 0 Å². The van der Waals surface area contributed by atoms with Crippen LogP contribution in [-0.4, -0.2) is 0 Å². The van der Waals surface area contributed by atoms with Crippen molar-refractivity contribution in [2.75, 3.05) is 0 Å². The van der Waals surface area contributed by atoms with Gasteiger partial charge in [0.05, 0.1) is 0 Å². The Balaban J connectivity index is 1.22. The van der Waals surface area contributed by atoms with Gasteiger partial charge < -0.3 is 0 Å². The molecule has 0 amide bonds. The molecule has 52 heavy (non-hydrogen) atoms. The molecular formula is C46H30N4S2. The van der Waals surface area contributed by atoms with E-state index in [-0.39, 0.29) is 22.0 Å². The largest absolute Gasteiger partial charge is 0.192 e. The molecule has 0 atom stereocenters. The quantitative estimate of drug-likeness (QED) is 0.132. The Kier molecular flexibility index (Phi) is 7.72. The minimum absolute atomic E-state index is 0.149. The molecule has 0 saturated heterocycles. The maximum absolute atomic E-state index is 10.2. The Labute approximate surface area is 311 Å². The zero-order chi connectivity index (χ0) is 36.4. The highest BCUT2D eigenvalue weighted by atomic mass is 32.1. The zero-order valence-electron chi connectivity index (χ0n) is 29.0. The Morgan fingerprint density at radius 2 is 0.808 bits per heavy atom. The van der Waals surface area contributed by atoms with Crippen LogP contribution in [0.15, 0.2) is 120 Å². The van der Waals surface area contributed by atoms with Gasteiger partial charge in [0.25, 0.3) is 0 Å². The van der Waals surface area contributed by atoms with Crippen molar-refractivity contribution in [1.82, 2.24) is 0 Å². The lowest BCUT2D eigenvalue weighted by Gasteiger charge is -2.21. The second-order valence-corrected chi connectivity index (χ2v) is 16.3.